The fourth-order valence-electron chi connectivity index (χ4n) is 1.85. The molecule has 0 aromatic heterocycles. The predicted octanol–water partition coefficient (Wildman–Crippen LogP) is 2.53. The van der Waals surface area contributed by atoms with Crippen LogP contribution in [0.5, 0.6) is 5.75 Å². The number of hydrogen-bond donors (Lipinski definition) is 1. The van der Waals surface area contributed by atoms with Crippen molar-refractivity contribution in [2.45, 2.75) is 19.3 Å². The largest absolute Gasteiger partial charge is 0.493 e. The number of fused-ring (bicyclic) bond motifs is 1. The van der Waals surface area contributed by atoms with Crippen molar-refractivity contribution in [1.82, 2.24) is 5.32 Å². The van der Waals surface area contributed by atoms with Gasteiger partial charge >= 0.3 is 0 Å². The van der Waals surface area contributed by atoms with Crippen molar-refractivity contribution in [1.29, 1.82) is 0 Å². The standard InChI is InChI=1S/C13H16BrNO2/c14-6-1-2-7-15-13(16)11-3-4-12-10(9-11)5-8-17-12/h3-4,9H,1-2,5-8H2,(H,15,16). The number of halogens is 1. The summed E-state index contributed by atoms with van der Waals surface area (Å²) in [6.45, 7) is 1.46. The smallest absolute Gasteiger partial charge is 0.251 e. The van der Waals surface area contributed by atoms with E-state index in [-0.39, 0.29) is 5.91 Å². The molecule has 1 aliphatic heterocycles. The van der Waals surface area contributed by atoms with E-state index in [0.717, 1.165) is 54.6 Å². The van der Waals surface area contributed by atoms with Gasteiger partial charge in [0.15, 0.2) is 0 Å². The van der Waals surface area contributed by atoms with Gasteiger partial charge in [-0.1, -0.05) is 15.9 Å². The molecule has 0 saturated heterocycles. The Bertz CT molecular complexity index is 406. The van der Waals surface area contributed by atoms with Crippen LogP contribution in [-0.2, 0) is 6.42 Å². The predicted molar refractivity (Wildman–Crippen MR) is 71.0 cm³/mol. The molecule has 92 valence electrons. The van der Waals surface area contributed by atoms with E-state index in [1.54, 1.807) is 0 Å². The fourth-order valence-corrected chi connectivity index (χ4v) is 2.25. The summed E-state index contributed by atoms with van der Waals surface area (Å²) >= 11 is 3.37. The lowest BCUT2D eigenvalue weighted by Crippen LogP contribution is -2.24. The van der Waals surface area contributed by atoms with Gasteiger partial charge in [0.05, 0.1) is 6.61 Å². The van der Waals surface area contributed by atoms with E-state index in [0.29, 0.717) is 0 Å². The van der Waals surface area contributed by atoms with Crippen LogP contribution in [0.15, 0.2) is 18.2 Å². The number of benzene rings is 1. The first-order valence-corrected chi connectivity index (χ1v) is 7.03. The fraction of sp³-hybridized carbons (Fsp3) is 0.462. The van der Waals surface area contributed by atoms with Crippen LogP contribution in [0, 0.1) is 0 Å². The second kappa shape index (κ2) is 6.05. The molecule has 0 atom stereocenters. The van der Waals surface area contributed by atoms with Crippen LogP contribution in [0.25, 0.3) is 0 Å². The van der Waals surface area contributed by atoms with Crippen LogP contribution in [0.1, 0.15) is 28.8 Å². The molecular weight excluding hydrogens is 282 g/mol. The Balaban J connectivity index is 1.91. The van der Waals surface area contributed by atoms with E-state index in [2.05, 4.69) is 21.2 Å². The molecule has 1 N–H and O–H groups in total. The maximum absolute atomic E-state index is 11.8. The van der Waals surface area contributed by atoms with Crippen LogP contribution in [0.3, 0.4) is 0 Å². The van der Waals surface area contributed by atoms with Crippen molar-refractivity contribution in [3.8, 4) is 5.75 Å². The van der Waals surface area contributed by atoms with Crippen molar-refractivity contribution < 1.29 is 9.53 Å². The molecule has 3 nitrogen and oxygen atoms in total. The van der Waals surface area contributed by atoms with Crippen LogP contribution in [0.4, 0.5) is 0 Å². The summed E-state index contributed by atoms with van der Waals surface area (Å²) in [5.74, 6) is 0.926. The highest BCUT2D eigenvalue weighted by Crippen LogP contribution is 2.25. The second-order valence-electron chi connectivity index (χ2n) is 4.07. The molecule has 1 aromatic rings. The van der Waals surface area contributed by atoms with Gasteiger partial charge in [-0.3, -0.25) is 4.79 Å². The molecule has 1 aliphatic rings. The summed E-state index contributed by atoms with van der Waals surface area (Å²) in [5, 5.41) is 3.91. The van der Waals surface area contributed by atoms with Crippen LogP contribution in [-0.4, -0.2) is 24.4 Å². The molecule has 4 heteroatoms. The highest BCUT2D eigenvalue weighted by molar-refractivity contribution is 9.09. The van der Waals surface area contributed by atoms with E-state index >= 15 is 0 Å². The number of nitrogens with one attached hydrogen (secondary N) is 1. The highest BCUT2D eigenvalue weighted by Gasteiger charge is 2.14. The SMILES string of the molecule is O=C(NCCCCBr)c1ccc2c(c1)CCO2. The third-order valence-electron chi connectivity index (χ3n) is 2.80. The van der Waals surface area contributed by atoms with Gasteiger partial charge in [-0.2, -0.15) is 0 Å². The lowest BCUT2D eigenvalue weighted by atomic mass is 10.1. The average Bonchev–Trinajstić information content (AvgIpc) is 2.81. The highest BCUT2D eigenvalue weighted by atomic mass is 79.9. The monoisotopic (exact) mass is 297 g/mol. The first-order valence-electron chi connectivity index (χ1n) is 5.91. The molecule has 0 spiro atoms. The number of amides is 1. The van der Waals surface area contributed by atoms with Crippen molar-refractivity contribution in [2.24, 2.45) is 0 Å². The minimum atomic E-state index is 0.00859. The van der Waals surface area contributed by atoms with Crippen LogP contribution in [0.2, 0.25) is 0 Å². The minimum absolute atomic E-state index is 0.00859. The maximum atomic E-state index is 11.8. The number of rotatable bonds is 5. The lowest BCUT2D eigenvalue weighted by Gasteiger charge is -2.06. The molecule has 0 unspecified atom stereocenters. The Morgan fingerprint density at radius 2 is 2.29 bits per heavy atom. The molecule has 1 heterocycles. The number of alkyl halides is 1. The molecular formula is C13H16BrNO2. The zero-order valence-electron chi connectivity index (χ0n) is 9.67. The summed E-state index contributed by atoms with van der Waals surface area (Å²) in [6, 6.07) is 5.64. The third kappa shape index (κ3) is 3.22. The first-order chi connectivity index (χ1) is 8.31. The quantitative estimate of drug-likeness (QED) is 0.670. The van der Waals surface area contributed by atoms with Crippen LogP contribution >= 0.6 is 15.9 Å². The van der Waals surface area contributed by atoms with Gasteiger partial charge < -0.3 is 10.1 Å². The Morgan fingerprint density at radius 3 is 3.12 bits per heavy atom. The molecule has 0 radical (unpaired) electrons. The Morgan fingerprint density at radius 1 is 1.41 bits per heavy atom. The molecule has 0 bridgehead atoms. The molecule has 0 fully saturated rings. The van der Waals surface area contributed by atoms with Gasteiger partial charge in [0.25, 0.3) is 5.91 Å². The van der Waals surface area contributed by atoms with E-state index in [1.807, 2.05) is 18.2 Å². The Labute approximate surface area is 110 Å². The second-order valence-corrected chi connectivity index (χ2v) is 4.87. The summed E-state index contributed by atoms with van der Waals surface area (Å²) in [7, 11) is 0. The number of unbranched alkanes of at least 4 members (excludes halogenated alkanes) is 1. The number of carbonyl (C=O) groups is 1. The summed E-state index contributed by atoms with van der Waals surface area (Å²) in [6.07, 6.45) is 2.99. The summed E-state index contributed by atoms with van der Waals surface area (Å²) in [4.78, 5) is 11.8. The molecule has 2 rings (SSSR count). The molecule has 17 heavy (non-hydrogen) atoms. The molecule has 0 aliphatic carbocycles. The molecule has 0 saturated carbocycles. The Hall–Kier alpha value is -1.03. The van der Waals surface area contributed by atoms with Crippen LogP contribution < -0.4 is 10.1 Å². The lowest BCUT2D eigenvalue weighted by molar-refractivity contribution is 0.0953. The normalized spacial score (nSPS) is 13.0. The van der Waals surface area contributed by atoms with Gasteiger partial charge in [0.1, 0.15) is 5.75 Å². The van der Waals surface area contributed by atoms with Crippen molar-refractivity contribution >= 4 is 21.8 Å². The maximum Gasteiger partial charge on any atom is 0.251 e. The van der Waals surface area contributed by atoms with Gasteiger partial charge in [-0.15, -0.1) is 0 Å². The number of ether oxygens (including phenoxy) is 1. The molecule has 1 amide bonds. The third-order valence-corrected chi connectivity index (χ3v) is 3.36. The minimum Gasteiger partial charge on any atom is -0.493 e. The van der Waals surface area contributed by atoms with E-state index in [1.165, 1.54) is 0 Å². The summed E-state index contributed by atoms with van der Waals surface area (Å²) in [5.41, 5.74) is 1.87. The summed E-state index contributed by atoms with van der Waals surface area (Å²) < 4.78 is 5.41. The molecule has 1 aromatic carbocycles. The van der Waals surface area contributed by atoms with Gasteiger partial charge in [-0.05, 0) is 36.6 Å². The van der Waals surface area contributed by atoms with Gasteiger partial charge in [0, 0.05) is 23.9 Å². The van der Waals surface area contributed by atoms with E-state index in [4.69, 9.17) is 4.74 Å². The zero-order valence-corrected chi connectivity index (χ0v) is 11.3. The van der Waals surface area contributed by atoms with Gasteiger partial charge in [-0.25, -0.2) is 0 Å². The zero-order chi connectivity index (χ0) is 12.1. The first kappa shape index (κ1) is 12.4. The van der Waals surface area contributed by atoms with Gasteiger partial charge in [0.2, 0.25) is 0 Å². The van der Waals surface area contributed by atoms with Crippen molar-refractivity contribution in [2.75, 3.05) is 18.5 Å². The average molecular weight is 298 g/mol. The number of carbonyl (C=O) groups excluding carboxylic acids is 1. The van der Waals surface area contributed by atoms with Crippen molar-refractivity contribution in [3.63, 3.8) is 0 Å². The number of hydrogen-bond acceptors (Lipinski definition) is 2. The topological polar surface area (TPSA) is 38.3 Å². The van der Waals surface area contributed by atoms with E-state index < -0.39 is 0 Å². The van der Waals surface area contributed by atoms with Crippen molar-refractivity contribution in [3.05, 3.63) is 29.3 Å². The Kier molecular flexibility index (Phi) is 4.42. The van der Waals surface area contributed by atoms with E-state index in [9.17, 15) is 4.79 Å².